The Kier molecular flexibility index (Phi) is 15.3. The van der Waals surface area contributed by atoms with Crippen molar-refractivity contribution in [2.45, 2.75) is 12.8 Å². The van der Waals surface area contributed by atoms with Crippen LogP contribution in [-0.2, 0) is 9.59 Å². The van der Waals surface area contributed by atoms with Gasteiger partial charge in [0.05, 0.1) is 0 Å². The average molecular weight is 316 g/mol. The minimum absolute atomic E-state index is 0.0635. The lowest BCUT2D eigenvalue weighted by molar-refractivity contribution is -0.121. The minimum atomic E-state index is 0.0635. The van der Waals surface area contributed by atoms with Crippen LogP contribution in [0.25, 0.3) is 0 Å². The molecule has 0 aliphatic rings. The summed E-state index contributed by atoms with van der Waals surface area (Å²) >= 11 is 0. The first-order valence-electron chi connectivity index (χ1n) is 7.94. The summed E-state index contributed by atoms with van der Waals surface area (Å²) in [5.74, 6) is 0.127. The summed E-state index contributed by atoms with van der Waals surface area (Å²) in [7, 11) is 3.29. The molecule has 2 amide bonds. The van der Waals surface area contributed by atoms with Crippen molar-refractivity contribution in [3.05, 3.63) is 0 Å². The summed E-state index contributed by atoms with van der Waals surface area (Å²) in [4.78, 5) is 21.9. The van der Waals surface area contributed by atoms with Crippen molar-refractivity contribution in [1.82, 2.24) is 31.9 Å². The van der Waals surface area contributed by atoms with Gasteiger partial charge in [0.25, 0.3) is 0 Å². The maximum atomic E-state index is 11.0. The van der Waals surface area contributed by atoms with E-state index in [4.69, 9.17) is 0 Å². The van der Waals surface area contributed by atoms with Crippen LogP contribution in [0.15, 0.2) is 0 Å². The molecule has 0 unspecified atom stereocenters. The molecule has 0 aromatic heterocycles. The molecule has 0 bridgehead atoms. The monoisotopic (exact) mass is 316 g/mol. The van der Waals surface area contributed by atoms with Crippen LogP contribution in [0.4, 0.5) is 0 Å². The van der Waals surface area contributed by atoms with Gasteiger partial charge in [0.1, 0.15) is 0 Å². The Hall–Kier alpha value is -1.22. The zero-order valence-electron chi connectivity index (χ0n) is 13.9. The van der Waals surface area contributed by atoms with E-state index in [1.165, 1.54) is 0 Å². The van der Waals surface area contributed by atoms with Gasteiger partial charge in [-0.1, -0.05) is 0 Å². The van der Waals surface area contributed by atoms with Gasteiger partial charge in [-0.25, -0.2) is 0 Å². The lowest BCUT2D eigenvalue weighted by atomic mass is 10.4. The van der Waals surface area contributed by atoms with Gasteiger partial charge >= 0.3 is 0 Å². The van der Waals surface area contributed by atoms with E-state index in [0.29, 0.717) is 25.9 Å². The van der Waals surface area contributed by atoms with Gasteiger partial charge in [-0.2, -0.15) is 0 Å². The van der Waals surface area contributed by atoms with Crippen LogP contribution in [-0.4, -0.2) is 78.3 Å². The molecular weight excluding hydrogens is 284 g/mol. The summed E-state index contributed by atoms with van der Waals surface area (Å²) < 4.78 is 0. The normalized spacial score (nSPS) is 10.5. The summed E-state index contributed by atoms with van der Waals surface area (Å²) in [6.07, 6.45) is 1.04. The fraction of sp³-hybridized carbons (Fsp3) is 0.857. The zero-order valence-corrected chi connectivity index (χ0v) is 13.9. The molecule has 8 nitrogen and oxygen atoms in total. The first-order valence-corrected chi connectivity index (χ1v) is 7.94. The fourth-order valence-corrected chi connectivity index (χ4v) is 1.68. The van der Waals surface area contributed by atoms with Crippen molar-refractivity contribution < 1.29 is 9.59 Å². The smallest absolute Gasteiger partial charge is 0.221 e. The van der Waals surface area contributed by atoms with E-state index in [-0.39, 0.29) is 11.8 Å². The number of nitrogens with one attached hydrogen (secondary N) is 6. The molecule has 130 valence electrons. The molecule has 6 N–H and O–H groups in total. The molecule has 0 aromatic rings. The highest BCUT2D eigenvalue weighted by Gasteiger charge is 1.96. The molecule has 0 aromatic carbocycles. The molecule has 0 fully saturated rings. The molecule has 22 heavy (non-hydrogen) atoms. The average Bonchev–Trinajstić information content (AvgIpc) is 2.54. The third kappa shape index (κ3) is 15.2. The van der Waals surface area contributed by atoms with E-state index < -0.39 is 0 Å². The van der Waals surface area contributed by atoms with Crippen LogP contribution in [0.3, 0.4) is 0 Å². The van der Waals surface area contributed by atoms with Crippen molar-refractivity contribution in [3.63, 3.8) is 0 Å². The molecule has 0 saturated heterocycles. The lowest BCUT2D eigenvalue weighted by Crippen LogP contribution is -2.36. The minimum Gasteiger partial charge on any atom is -0.359 e. The second-order valence-electron chi connectivity index (χ2n) is 4.85. The van der Waals surface area contributed by atoms with Crippen LogP contribution in [0.2, 0.25) is 0 Å². The Morgan fingerprint density at radius 1 is 0.545 bits per heavy atom. The highest BCUT2D eigenvalue weighted by Crippen LogP contribution is 1.75. The van der Waals surface area contributed by atoms with Gasteiger partial charge in [0.2, 0.25) is 11.8 Å². The molecule has 0 saturated carbocycles. The molecular formula is C14H32N6O2. The highest BCUT2D eigenvalue weighted by atomic mass is 16.2. The largest absolute Gasteiger partial charge is 0.359 e. The van der Waals surface area contributed by atoms with E-state index in [0.717, 1.165) is 39.3 Å². The van der Waals surface area contributed by atoms with Crippen LogP contribution in [0.5, 0.6) is 0 Å². The van der Waals surface area contributed by atoms with E-state index in [1.807, 2.05) is 0 Å². The van der Waals surface area contributed by atoms with Gasteiger partial charge < -0.3 is 31.9 Å². The van der Waals surface area contributed by atoms with Crippen LogP contribution < -0.4 is 31.9 Å². The Morgan fingerprint density at radius 2 is 0.818 bits per heavy atom. The van der Waals surface area contributed by atoms with Crippen molar-refractivity contribution in [2.75, 3.05) is 66.5 Å². The standard InChI is InChI=1S/C14H32N6O2/c1-15-13(21)3-5-17-7-9-19-11-12-20-10-8-18-6-4-14(22)16-2/h17-20H,3-12H2,1-2H3,(H,15,21)(H,16,22). The van der Waals surface area contributed by atoms with Crippen LogP contribution in [0.1, 0.15) is 12.8 Å². The molecule has 8 heteroatoms. The third-order valence-corrected chi connectivity index (χ3v) is 3.05. The Labute approximate surface area is 133 Å². The Bertz CT molecular complexity index is 261. The molecule has 0 aliphatic heterocycles. The number of carbonyl (C=O) groups is 2. The molecule has 0 atom stereocenters. The summed E-state index contributed by atoms with van der Waals surface area (Å²) in [5, 5.41) is 18.2. The summed E-state index contributed by atoms with van der Waals surface area (Å²) in [6.45, 7) is 6.74. The van der Waals surface area contributed by atoms with Crippen molar-refractivity contribution in [2.24, 2.45) is 0 Å². The third-order valence-electron chi connectivity index (χ3n) is 3.05. The maximum absolute atomic E-state index is 11.0. The van der Waals surface area contributed by atoms with E-state index in [2.05, 4.69) is 31.9 Å². The number of hydrogen-bond acceptors (Lipinski definition) is 6. The second-order valence-corrected chi connectivity index (χ2v) is 4.85. The first-order chi connectivity index (χ1) is 10.7. The number of carbonyl (C=O) groups excluding carboxylic acids is 2. The first kappa shape index (κ1) is 20.8. The van der Waals surface area contributed by atoms with Gasteiger partial charge in [-0.15, -0.1) is 0 Å². The molecule has 0 spiro atoms. The fourth-order valence-electron chi connectivity index (χ4n) is 1.68. The number of amides is 2. The van der Waals surface area contributed by atoms with Gasteiger partial charge in [-0.3, -0.25) is 9.59 Å². The van der Waals surface area contributed by atoms with E-state index >= 15 is 0 Å². The van der Waals surface area contributed by atoms with Crippen molar-refractivity contribution >= 4 is 11.8 Å². The Balaban J connectivity index is 3.05. The van der Waals surface area contributed by atoms with E-state index in [9.17, 15) is 9.59 Å². The van der Waals surface area contributed by atoms with Gasteiger partial charge in [0, 0.05) is 79.3 Å². The SMILES string of the molecule is CNC(=O)CCNCCNCCNCCNCCC(=O)NC. The van der Waals surface area contributed by atoms with E-state index in [1.54, 1.807) is 14.1 Å². The highest BCUT2D eigenvalue weighted by molar-refractivity contribution is 5.75. The quantitative estimate of drug-likeness (QED) is 0.188. The van der Waals surface area contributed by atoms with Crippen molar-refractivity contribution in [1.29, 1.82) is 0 Å². The number of rotatable bonds is 15. The topological polar surface area (TPSA) is 106 Å². The maximum Gasteiger partial charge on any atom is 0.221 e. The van der Waals surface area contributed by atoms with Crippen LogP contribution >= 0.6 is 0 Å². The van der Waals surface area contributed by atoms with Crippen molar-refractivity contribution in [3.8, 4) is 0 Å². The van der Waals surface area contributed by atoms with Crippen LogP contribution in [0, 0.1) is 0 Å². The zero-order chi connectivity index (χ0) is 16.5. The lowest BCUT2D eigenvalue weighted by Gasteiger charge is -2.08. The predicted octanol–water partition coefficient (Wildman–Crippen LogP) is -2.38. The summed E-state index contributed by atoms with van der Waals surface area (Å²) in [6, 6.07) is 0. The summed E-state index contributed by atoms with van der Waals surface area (Å²) in [5.41, 5.74) is 0. The molecule has 0 aliphatic carbocycles. The second kappa shape index (κ2) is 16.2. The Morgan fingerprint density at radius 3 is 1.09 bits per heavy atom. The molecule has 0 rings (SSSR count). The molecule has 0 radical (unpaired) electrons. The molecule has 0 heterocycles. The van der Waals surface area contributed by atoms with Gasteiger partial charge in [0.15, 0.2) is 0 Å². The predicted molar refractivity (Wildman–Crippen MR) is 88.8 cm³/mol. The van der Waals surface area contributed by atoms with Gasteiger partial charge in [-0.05, 0) is 0 Å². The number of hydrogen-bond donors (Lipinski definition) is 6.